The van der Waals surface area contributed by atoms with Gasteiger partial charge in [0.25, 0.3) is 0 Å². The van der Waals surface area contributed by atoms with Crippen molar-refractivity contribution in [3.05, 3.63) is 65.2 Å². The molecule has 0 bridgehead atoms. The topological polar surface area (TPSA) is 52.9 Å². The van der Waals surface area contributed by atoms with Gasteiger partial charge >= 0.3 is 0 Å². The Morgan fingerprint density at radius 3 is 2.33 bits per heavy atom. The van der Waals surface area contributed by atoms with Gasteiger partial charge in [-0.3, -0.25) is 4.79 Å². The smallest absolute Gasteiger partial charge is 0.234 e. The molecule has 0 aromatic heterocycles. The number of carbonyl (C=O) groups is 1. The summed E-state index contributed by atoms with van der Waals surface area (Å²) in [7, 11) is 0. The molecule has 21 heavy (non-hydrogen) atoms. The highest BCUT2D eigenvalue weighted by atomic mass is 16.2. The first kappa shape index (κ1) is 14.8. The number of hydrogen-bond acceptors (Lipinski definition) is 2. The maximum atomic E-state index is 12.6. The fraction of sp³-hybridized carbons (Fsp3) is 0.222. The highest BCUT2D eigenvalue weighted by molar-refractivity contribution is 5.99. The molecule has 0 fully saturated rings. The minimum Gasteiger partial charge on any atom is -0.324 e. The van der Waals surface area contributed by atoms with Crippen molar-refractivity contribution >= 4 is 11.6 Å². The van der Waals surface area contributed by atoms with Crippen LogP contribution in [-0.4, -0.2) is 5.91 Å². The van der Waals surface area contributed by atoms with Gasteiger partial charge in [-0.05, 0) is 38.5 Å². The van der Waals surface area contributed by atoms with Crippen LogP contribution in [0.4, 0.5) is 5.69 Å². The number of para-hydroxylation sites is 1. The number of nitrogens with zero attached hydrogens (tertiary/aromatic N) is 1. The van der Waals surface area contributed by atoms with Crippen LogP contribution in [-0.2, 0) is 10.2 Å². The Labute approximate surface area is 125 Å². The first-order valence-electron chi connectivity index (χ1n) is 6.83. The molecule has 3 heteroatoms. The van der Waals surface area contributed by atoms with Gasteiger partial charge in [-0.1, -0.05) is 42.0 Å². The SMILES string of the molecule is Cc1ccc(C(C)(C)C(=O)Nc2ccccc2C#N)cc1. The van der Waals surface area contributed by atoms with E-state index in [9.17, 15) is 4.79 Å². The number of hydrogen-bond donors (Lipinski definition) is 1. The summed E-state index contributed by atoms with van der Waals surface area (Å²) in [6.45, 7) is 5.77. The van der Waals surface area contributed by atoms with Gasteiger partial charge in [0, 0.05) is 0 Å². The normalized spacial score (nSPS) is 10.8. The van der Waals surface area contributed by atoms with E-state index >= 15 is 0 Å². The number of aryl methyl sites for hydroxylation is 1. The molecule has 0 saturated heterocycles. The van der Waals surface area contributed by atoms with E-state index in [4.69, 9.17) is 5.26 Å². The van der Waals surface area contributed by atoms with Gasteiger partial charge in [0.05, 0.1) is 16.7 Å². The van der Waals surface area contributed by atoms with Gasteiger partial charge in [0.15, 0.2) is 0 Å². The lowest BCUT2D eigenvalue weighted by atomic mass is 9.83. The molecule has 2 aromatic rings. The molecule has 0 spiro atoms. The molecular formula is C18H18N2O. The Morgan fingerprint density at radius 2 is 1.71 bits per heavy atom. The van der Waals surface area contributed by atoms with E-state index in [0.29, 0.717) is 11.3 Å². The van der Waals surface area contributed by atoms with Crippen LogP contribution in [0.3, 0.4) is 0 Å². The molecule has 0 saturated carbocycles. The van der Waals surface area contributed by atoms with Crippen LogP contribution in [0.5, 0.6) is 0 Å². The van der Waals surface area contributed by atoms with Crippen molar-refractivity contribution in [2.45, 2.75) is 26.2 Å². The Hall–Kier alpha value is -2.60. The number of nitrogens with one attached hydrogen (secondary N) is 1. The highest BCUT2D eigenvalue weighted by Gasteiger charge is 2.30. The van der Waals surface area contributed by atoms with E-state index in [1.165, 1.54) is 0 Å². The van der Waals surface area contributed by atoms with E-state index < -0.39 is 5.41 Å². The number of amides is 1. The second kappa shape index (κ2) is 5.80. The van der Waals surface area contributed by atoms with Crippen LogP contribution >= 0.6 is 0 Å². The second-order valence-electron chi connectivity index (χ2n) is 5.60. The van der Waals surface area contributed by atoms with Gasteiger partial charge in [-0.15, -0.1) is 0 Å². The van der Waals surface area contributed by atoms with Crippen LogP contribution in [0.25, 0.3) is 0 Å². The van der Waals surface area contributed by atoms with Crippen molar-refractivity contribution in [2.24, 2.45) is 0 Å². The Balaban J connectivity index is 2.27. The summed E-state index contributed by atoms with van der Waals surface area (Å²) in [4.78, 5) is 12.6. The van der Waals surface area contributed by atoms with Gasteiger partial charge in [0.2, 0.25) is 5.91 Å². The molecule has 1 amide bonds. The third-order valence-electron chi connectivity index (χ3n) is 3.64. The minimum absolute atomic E-state index is 0.131. The molecule has 0 radical (unpaired) electrons. The number of carbonyl (C=O) groups excluding carboxylic acids is 1. The first-order chi connectivity index (χ1) is 9.95. The lowest BCUT2D eigenvalue weighted by Crippen LogP contribution is -2.34. The van der Waals surface area contributed by atoms with Crippen molar-refractivity contribution in [1.82, 2.24) is 0 Å². The van der Waals surface area contributed by atoms with E-state index in [2.05, 4.69) is 11.4 Å². The summed E-state index contributed by atoms with van der Waals surface area (Å²) in [6, 6.07) is 17.0. The minimum atomic E-state index is -0.670. The van der Waals surface area contributed by atoms with Gasteiger partial charge in [-0.2, -0.15) is 5.26 Å². The molecule has 0 aliphatic heterocycles. The lowest BCUT2D eigenvalue weighted by Gasteiger charge is -2.24. The summed E-state index contributed by atoms with van der Waals surface area (Å²) in [5, 5.41) is 11.9. The zero-order valence-electron chi connectivity index (χ0n) is 12.5. The van der Waals surface area contributed by atoms with E-state index in [1.807, 2.05) is 45.0 Å². The second-order valence-corrected chi connectivity index (χ2v) is 5.60. The highest BCUT2D eigenvalue weighted by Crippen LogP contribution is 2.26. The Bertz CT molecular complexity index is 694. The molecule has 3 nitrogen and oxygen atoms in total. The molecule has 2 aromatic carbocycles. The predicted molar refractivity (Wildman–Crippen MR) is 84.0 cm³/mol. The summed E-state index contributed by atoms with van der Waals surface area (Å²) in [5.41, 5.74) is 2.44. The number of anilines is 1. The van der Waals surface area contributed by atoms with Gasteiger partial charge in [-0.25, -0.2) is 0 Å². The summed E-state index contributed by atoms with van der Waals surface area (Å²) in [6.07, 6.45) is 0. The maximum absolute atomic E-state index is 12.6. The Kier molecular flexibility index (Phi) is 4.09. The molecule has 0 atom stereocenters. The van der Waals surface area contributed by atoms with Gasteiger partial charge < -0.3 is 5.32 Å². The van der Waals surface area contributed by atoms with Crippen LogP contribution in [0.15, 0.2) is 48.5 Å². The summed E-state index contributed by atoms with van der Waals surface area (Å²) >= 11 is 0. The van der Waals surface area contributed by atoms with Gasteiger partial charge in [0.1, 0.15) is 6.07 Å². The van der Waals surface area contributed by atoms with Crippen LogP contribution in [0.2, 0.25) is 0 Å². The zero-order valence-corrected chi connectivity index (χ0v) is 12.5. The maximum Gasteiger partial charge on any atom is 0.234 e. The third-order valence-corrected chi connectivity index (χ3v) is 3.64. The quantitative estimate of drug-likeness (QED) is 0.928. The van der Waals surface area contributed by atoms with Crippen LogP contribution < -0.4 is 5.32 Å². The molecule has 1 N–H and O–H groups in total. The number of benzene rings is 2. The first-order valence-corrected chi connectivity index (χ1v) is 6.83. The van der Waals surface area contributed by atoms with Crippen molar-refractivity contribution in [3.63, 3.8) is 0 Å². The monoisotopic (exact) mass is 278 g/mol. The molecule has 0 heterocycles. The fourth-order valence-corrected chi connectivity index (χ4v) is 2.07. The average Bonchev–Trinajstić information content (AvgIpc) is 2.48. The number of rotatable bonds is 3. The van der Waals surface area contributed by atoms with Crippen molar-refractivity contribution < 1.29 is 4.79 Å². The zero-order chi connectivity index (χ0) is 15.5. The standard InChI is InChI=1S/C18H18N2O/c1-13-8-10-15(11-9-13)18(2,3)17(21)20-16-7-5-4-6-14(16)12-19/h4-11H,1-3H3,(H,20,21). The van der Waals surface area contributed by atoms with E-state index in [0.717, 1.165) is 11.1 Å². The fourth-order valence-electron chi connectivity index (χ4n) is 2.07. The molecule has 106 valence electrons. The van der Waals surface area contributed by atoms with Crippen LogP contribution in [0, 0.1) is 18.3 Å². The average molecular weight is 278 g/mol. The van der Waals surface area contributed by atoms with Crippen molar-refractivity contribution in [3.8, 4) is 6.07 Å². The van der Waals surface area contributed by atoms with Crippen molar-refractivity contribution in [2.75, 3.05) is 5.32 Å². The largest absolute Gasteiger partial charge is 0.324 e. The van der Waals surface area contributed by atoms with Crippen molar-refractivity contribution in [1.29, 1.82) is 5.26 Å². The molecular weight excluding hydrogens is 260 g/mol. The lowest BCUT2D eigenvalue weighted by molar-refractivity contribution is -0.120. The van der Waals surface area contributed by atoms with E-state index in [1.54, 1.807) is 24.3 Å². The summed E-state index contributed by atoms with van der Waals surface area (Å²) in [5.74, 6) is -0.131. The molecule has 0 unspecified atom stereocenters. The van der Waals surface area contributed by atoms with E-state index in [-0.39, 0.29) is 5.91 Å². The third kappa shape index (κ3) is 3.11. The van der Waals surface area contributed by atoms with Crippen LogP contribution in [0.1, 0.15) is 30.5 Å². The predicted octanol–water partition coefficient (Wildman–Crippen LogP) is 3.78. The Morgan fingerprint density at radius 1 is 1.10 bits per heavy atom. The number of nitriles is 1. The molecule has 0 aliphatic carbocycles. The summed E-state index contributed by atoms with van der Waals surface area (Å²) < 4.78 is 0. The molecule has 0 aliphatic rings. The molecule has 2 rings (SSSR count).